The predicted molar refractivity (Wildman–Crippen MR) is 99.6 cm³/mol. The van der Waals surface area contributed by atoms with Gasteiger partial charge in [-0.25, -0.2) is 9.18 Å². The summed E-state index contributed by atoms with van der Waals surface area (Å²) in [5.74, 6) is -0.779. The van der Waals surface area contributed by atoms with Gasteiger partial charge in [0.25, 0.3) is 0 Å². The summed E-state index contributed by atoms with van der Waals surface area (Å²) in [5.41, 5.74) is 2.61. The number of benzene rings is 1. The van der Waals surface area contributed by atoms with E-state index in [1.54, 1.807) is 12.1 Å². The Morgan fingerprint density at radius 2 is 2.21 bits per heavy atom. The number of aliphatic hydroxyl groups is 2. The van der Waals surface area contributed by atoms with Crippen molar-refractivity contribution in [1.29, 1.82) is 0 Å². The molecule has 0 fully saturated rings. The maximum atomic E-state index is 14.2. The van der Waals surface area contributed by atoms with Crippen molar-refractivity contribution in [3.8, 4) is 5.95 Å². The van der Waals surface area contributed by atoms with Gasteiger partial charge in [-0.1, -0.05) is 15.9 Å². The number of furan rings is 1. The van der Waals surface area contributed by atoms with Gasteiger partial charge in [0, 0.05) is 16.9 Å². The van der Waals surface area contributed by atoms with Crippen LogP contribution in [0.25, 0.3) is 11.0 Å². The molecule has 3 rings (SSSR count). The number of nitrogens with one attached hydrogen (secondary N) is 2. The first-order chi connectivity index (χ1) is 13.5. The number of hydrogen-bond donors (Lipinski definition) is 4. The molecule has 11 heteroatoms. The van der Waals surface area contributed by atoms with Gasteiger partial charge >= 0.3 is 12.0 Å². The number of aromatic nitrogens is 1. The largest absolute Gasteiger partial charge is 0.439 e. The number of carbonyl (C=O) groups is 1. The van der Waals surface area contributed by atoms with Crippen LogP contribution in [0.5, 0.6) is 5.95 Å². The summed E-state index contributed by atoms with van der Waals surface area (Å²) in [6.45, 7) is -0.870. The number of pyridine rings is 1. The third-order valence-corrected chi connectivity index (χ3v) is 3.97. The molecule has 0 aliphatic rings. The number of rotatable bonds is 7. The molecule has 0 radical (unpaired) electrons. The number of fused-ring (bicyclic) bond motifs is 1. The third kappa shape index (κ3) is 4.75. The zero-order valence-electron chi connectivity index (χ0n) is 14.2. The van der Waals surface area contributed by atoms with E-state index in [-0.39, 0.29) is 23.9 Å². The van der Waals surface area contributed by atoms with Gasteiger partial charge in [-0.3, -0.25) is 9.82 Å². The number of ether oxygens (including phenoxy) is 1. The summed E-state index contributed by atoms with van der Waals surface area (Å²) in [4.78, 5) is 20.6. The first kappa shape index (κ1) is 20.0. The molecular formula is C17H15BrFN3O6. The number of carbonyl (C=O) groups excluding carboxylic acids is 1. The van der Waals surface area contributed by atoms with Crippen LogP contribution in [0.4, 0.5) is 20.6 Å². The lowest BCUT2D eigenvalue weighted by Gasteiger charge is -2.10. The maximum Gasteiger partial charge on any atom is 0.439 e. The van der Waals surface area contributed by atoms with Gasteiger partial charge in [0.1, 0.15) is 29.8 Å². The number of amides is 1. The Kier molecular flexibility index (Phi) is 6.41. The Morgan fingerprint density at radius 1 is 1.39 bits per heavy atom. The van der Waals surface area contributed by atoms with Crippen molar-refractivity contribution in [2.24, 2.45) is 0 Å². The van der Waals surface area contributed by atoms with Crippen LogP contribution >= 0.6 is 15.9 Å². The van der Waals surface area contributed by atoms with Crippen molar-refractivity contribution >= 4 is 44.4 Å². The number of halogens is 2. The smallest absolute Gasteiger partial charge is 0.424 e. The lowest BCUT2D eigenvalue weighted by atomic mass is 10.2. The van der Waals surface area contributed by atoms with Gasteiger partial charge in [-0.05, 0) is 24.3 Å². The summed E-state index contributed by atoms with van der Waals surface area (Å²) in [7, 11) is 0. The zero-order chi connectivity index (χ0) is 20.1. The monoisotopic (exact) mass is 455 g/mol. The van der Waals surface area contributed by atoms with Crippen LogP contribution in [0.15, 0.2) is 45.5 Å². The highest BCUT2D eigenvalue weighted by Crippen LogP contribution is 2.39. The van der Waals surface area contributed by atoms with Crippen LogP contribution in [0.1, 0.15) is 0 Å². The molecule has 0 bridgehead atoms. The van der Waals surface area contributed by atoms with E-state index in [0.29, 0.717) is 15.4 Å². The number of aliphatic hydroxyl groups excluding tert-OH is 2. The van der Waals surface area contributed by atoms with E-state index in [0.717, 1.165) is 0 Å². The zero-order valence-corrected chi connectivity index (χ0v) is 15.8. The van der Waals surface area contributed by atoms with Gasteiger partial charge in [-0.2, -0.15) is 5.48 Å². The minimum Gasteiger partial charge on any atom is -0.424 e. The average molecular weight is 456 g/mol. The van der Waals surface area contributed by atoms with Crippen LogP contribution in [-0.2, 0) is 4.84 Å². The summed E-state index contributed by atoms with van der Waals surface area (Å²) in [6.07, 6.45) is 0.752. The van der Waals surface area contributed by atoms with Crippen molar-refractivity contribution in [2.45, 2.75) is 6.10 Å². The highest BCUT2D eigenvalue weighted by molar-refractivity contribution is 9.10. The van der Waals surface area contributed by atoms with Crippen molar-refractivity contribution in [1.82, 2.24) is 10.5 Å². The molecule has 0 unspecified atom stereocenters. The molecule has 0 spiro atoms. The van der Waals surface area contributed by atoms with Gasteiger partial charge in [0.05, 0.1) is 17.7 Å². The molecule has 0 saturated heterocycles. The average Bonchev–Trinajstić information content (AvgIpc) is 3.00. The first-order valence-corrected chi connectivity index (χ1v) is 8.74. The Balaban J connectivity index is 1.82. The summed E-state index contributed by atoms with van der Waals surface area (Å²) >= 11 is 3.18. The van der Waals surface area contributed by atoms with E-state index < -0.39 is 24.6 Å². The van der Waals surface area contributed by atoms with Crippen molar-refractivity contribution in [3.63, 3.8) is 0 Å². The van der Waals surface area contributed by atoms with E-state index in [2.05, 4.69) is 26.2 Å². The van der Waals surface area contributed by atoms with Crippen molar-refractivity contribution in [3.05, 3.63) is 46.9 Å². The van der Waals surface area contributed by atoms with E-state index in [1.165, 1.54) is 24.5 Å². The van der Waals surface area contributed by atoms with E-state index in [9.17, 15) is 9.18 Å². The topological polar surface area (TPSA) is 126 Å². The van der Waals surface area contributed by atoms with E-state index in [4.69, 9.17) is 24.2 Å². The Labute approximate surface area is 166 Å². The molecule has 28 heavy (non-hydrogen) atoms. The number of hydroxylamine groups is 1. The van der Waals surface area contributed by atoms with Gasteiger partial charge in [-0.15, -0.1) is 0 Å². The minimum absolute atomic E-state index is 0.127. The minimum atomic E-state index is -1.16. The number of hydrogen-bond acceptors (Lipinski definition) is 8. The lowest BCUT2D eigenvalue weighted by Crippen LogP contribution is -2.31. The fraction of sp³-hybridized carbons (Fsp3) is 0.176. The fourth-order valence-corrected chi connectivity index (χ4v) is 2.52. The molecule has 2 heterocycles. The van der Waals surface area contributed by atoms with Crippen LogP contribution in [0.3, 0.4) is 0 Å². The molecule has 3 aromatic rings. The molecule has 1 aromatic carbocycles. The summed E-state index contributed by atoms with van der Waals surface area (Å²) < 4.78 is 25.3. The summed E-state index contributed by atoms with van der Waals surface area (Å²) in [5, 5.41) is 21.2. The van der Waals surface area contributed by atoms with Crippen LogP contribution in [0.2, 0.25) is 0 Å². The molecule has 0 aliphatic carbocycles. The van der Waals surface area contributed by atoms with Gasteiger partial charge in [0.15, 0.2) is 0 Å². The molecule has 1 amide bonds. The van der Waals surface area contributed by atoms with Crippen LogP contribution < -0.4 is 15.5 Å². The second-order valence-electron chi connectivity index (χ2n) is 5.52. The molecular weight excluding hydrogens is 441 g/mol. The van der Waals surface area contributed by atoms with E-state index in [1.807, 2.05) is 5.48 Å². The Hall–Kier alpha value is -2.73. The molecule has 4 N–H and O–H groups in total. The predicted octanol–water partition coefficient (Wildman–Crippen LogP) is 2.85. The quantitative estimate of drug-likeness (QED) is 0.400. The number of anilines is 2. The van der Waals surface area contributed by atoms with Crippen LogP contribution in [0, 0.1) is 5.82 Å². The highest BCUT2D eigenvalue weighted by Gasteiger charge is 2.20. The normalized spacial score (nSPS) is 12.0. The standard InChI is InChI=1S/C17H15BrFN3O6/c18-9-1-2-13(12(19)5-9)21-15-11-6-20-4-3-14(11)27-16(15)28-17(25)22-26-8-10(24)7-23/h1-6,10,21,23-24H,7-8H2,(H,22,25)/t10-/m1/s1. The molecule has 1 atom stereocenters. The maximum absolute atomic E-state index is 14.2. The molecule has 9 nitrogen and oxygen atoms in total. The third-order valence-electron chi connectivity index (χ3n) is 3.48. The second kappa shape index (κ2) is 8.97. The lowest BCUT2D eigenvalue weighted by molar-refractivity contribution is -0.0297. The molecule has 0 aliphatic heterocycles. The fourth-order valence-electron chi connectivity index (χ4n) is 2.19. The van der Waals surface area contributed by atoms with Gasteiger partial charge in [0.2, 0.25) is 0 Å². The number of nitrogens with zero attached hydrogens (tertiary/aromatic N) is 1. The van der Waals surface area contributed by atoms with E-state index >= 15 is 0 Å². The summed E-state index contributed by atoms with van der Waals surface area (Å²) in [6, 6.07) is 5.96. The molecule has 2 aromatic heterocycles. The molecule has 0 saturated carbocycles. The Morgan fingerprint density at radius 3 is 2.96 bits per heavy atom. The molecule has 148 valence electrons. The van der Waals surface area contributed by atoms with Crippen molar-refractivity contribution < 1.29 is 33.4 Å². The van der Waals surface area contributed by atoms with Crippen molar-refractivity contribution in [2.75, 3.05) is 18.5 Å². The van der Waals surface area contributed by atoms with Gasteiger partial charge < -0.3 is 24.7 Å². The van der Waals surface area contributed by atoms with Crippen LogP contribution in [-0.4, -0.2) is 40.6 Å². The first-order valence-electron chi connectivity index (χ1n) is 7.95. The highest BCUT2D eigenvalue weighted by atomic mass is 79.9. The second-order valence-corrected chi connectivity index (χ2v) is 6.44. The Bertz CT molecular complexity index is 983. The SMILES string of the molecule is O=C(NOC[C@H](O)CO)Oc1oc2ccncc2c1Nc1ccc(Br)cc1F.